The fourth-order valence-electron chi connectivity index (χ4n) is 5.99. The zero-order valence-electron chi connectivity index (χ0n) is 13.7. The van der Waals surface area contributed by atoms with Gasteiger partial charge in [0, 0.05) is 5.92 Å². The van der Waals surface area contributed by atoms with E-state index in [2.05, 4.69) is 20.8 Å². The first-order valence-electron chi connectivity index (χ1n) is 8.58. The van der Waals surface area contributed by atoms with Crippen LogP contribution in [0.1, 0.15) is 65.7 Å². The van der Waals surface area contributed by atoms with Gasteiger partial charge in [-0.1, -0.05) is 27.2 Å². The average molecular weight is 288 g/mol. The second kappa shape index (κ2) is 5.07. The van der Waals surface area contributed by atoms with Crippen molar-refractivity contribution in [3.63, 3.8) is 0 Å². The van der Waals surface area contributed by atoms with Gasteiger partial charge in [-0.15, -0.1) is 0 Å². The zero-order valence-corrected chi connectivity index (χ0v) is 13.7. The van der Waals surface area contributed by atoms with Crippen LogP contribution in [0.15, 0.2) is 11.6 Å². The summed E-state index contributed by atoms with van der Waals surface area (Å²) in [6.45, 7) is 7.28. The van der Waals surface area contributed by atoms with Crippen LogP contribution in [0.4, 0.5) is 0 Å². The number of rotatable bonds is 1. The predicted octanol–water partition coefficient (Wildman–Crippen LogP) is 4.33. The monoisotopic (exact) mass is 288 g/mol. The predicted molar refractivity (Wildman–Crippen MR) is 83.8 cm³/mol. The van der Waals surface area contributed by atoms with Crippen molar-refractivity contribution in [3.05, 3.63) is 11.6 Å². The van der Waals surface area contributed by atoms with Crippen LogP contribution in [0.3, 0.4) is 0 Å². The van der Waals surface area contributed by atoms with E-state index in [1.165, 1.54) is 25.7 Å². The van der Waals surface area contributed by atoms with Gasteiger partial charge in [0.25, 0.3) is 0 Å². The summed E-state index contributed by atoms with van der Waals surface area (Å²) >= 11 is 0. The second-order valence-electron chi connectivity index (χ2n) is 8.47. The van der Waals surface area contributed by atoms with Gasteiger partial charge in [-0.05, 0) is 72.8 Å². The molecule has 2 fully saturated rings. The standard InChI is InChI=1S/C19H28O2/c1-18(2)9-4-10-19(3)15-7-5-13(12-20)11-16(21)14(15)6-8-17(18)19/h11-12,14-15,17H,4-10H2,1-3H3. The molecular formula is C19H28O2. The van der Waals surface area contributed by atoms with Gasteiger partial charge < -0.3 is 0 Å². The Balaban J connectivity index is 1.95. The van der Waals surface area contributed by atoms with Crippen LogP contribution in [0.2, 0.25) is 0 Å². The highest BCUT2D eigenvalue weighted by molar-refractivity contribution is 5.97. The summed E-state index contributed by atoms with van der Waals surface area (Å²) in [6.07, 6.45) is 10.4. The first-order valence-corrected chi connectivity index (χ1v) is 8.58. The lowest BCUT2D eigenvalue weighted by molar-refractivity contribution is -0.135. The smallest absolute Gasteiger partial charge is 0.159 e. The van der Waals surface area contributed by atoms with E-state index in [1.807, 2.05) is 0 Å². The van der Waals surface area contributed by atoms with E-state index < -0.39 is 0 Å². The Bertz CT molecular complexity index is 488. The van der Waals surface area contributed by atoms with Gasteiger partial charge in [-0.25, -0.2) is 0 Å². The molecule has 0 radical (unpaired) electrons. The lowest BCUT2D eigenvalue weighted by Crippen LogP contribution is -2.52. The van der Waals surface area contributed by atoms with Crippen molar-refractivity contribution >= 4 is 12.1 Å². The Morgan fingerprint density at radius 3 is 2.62 bits per heavy atom. The van der Waals surface area contributed by atoms with Crippen LogP contribution >= 0.6 is 0 Å². The molecule has 0 spiro atoms. The van der Waals surface area contributed by atoms with Crippen LogP contribution in [0.25, 0.3) is 0 Å². The average Bonchev–Trinajstić information content (AvgIpc) is 2.58. The summed E-state index contributed by atoms with van der Waals surface area (Å²) in [5.41, 5.74) is 1.39. The molecule has 2 saturated carbocycles. The maximum atomic E-state index is 12.6. The number of hydrogen-bond donors (Lipinski definition) is 0. The molecule has 0 aliphatic heterocycles. The number of carbonyl (C=O) groups is 2. The van der Waals surface area contributed by atoms with Crippen molar-refractivity contribution in [2.45, 2.75) is 65.7 Å². The number of fused-ring (bicyclic) bond motifs is 3. The number of aldehydes is 1. The molecule has 0 heterocycles. The molecule has 0 aromatic rings. The number of hydrogen-bond acceptors (Lipinski definition) is 2. The third-order valence-corrected chi connectivity index (χ3v) is 6.96. The van der Waals surface area contributed by atoms with Gasteiger partial charge in [-0.3, -0.25) is 9.59 Å². The zero-order chi connectivity index (χ0) is 15.3. The van der Waals surface area contributed by atoms with Crippen molar-refractivity contribution in [2.75, 3.05) is 0 Å². The molecule has 0 aromatic carbocycles. The van der Waals surface area contributed by atoms with Crippen LogP contribution in [0.5, 0.6) is 0 Å². The molecule has 2 heteroatoms. The molecule has 2 nitrogen and oxygen atoms in total. The maximum absolute atomic E-state index is 12.6. The summed E-state index contributed by atoms with van der Waals surface area (Å²) < 4.78 is 0. The minimum atomic E-state index is 0.164. The van der Waals surface area contributed by atoms with E-state index in [4.69, 9.17) is 0 Å². The number of ketones is 1. The maximum Gasteiger partial charge on any atom is 0.159 e. The molecule has 4 atom stereocenters. The van der Waals surface area contributed by atoms with E-state index in [0.29, 0.717) is 16.9 Å². The molecule has 3 aliphatic carbocycles. The summed E-state index contributed by atoms with van der Waals surface area (Å²) in [6, 6.07) is 0. The van der Waals surface area contributed by atoms with Crippen LogP contribution in [0, 0.1) is 28.6 Å². The van der Waals surface area contributed by atoms with E-state index in [0.717, 1.165) is 31.5 Å². The topological polar surface area (TPSA) is 34.1 Å². The Morgan fingerprint density at radius 1 is 1.14 bits per heavy atom. The molecule has 4 unspecified atom stereocenters. The molecular weight excluding hydrogens is 260 g/mol. The molecule has 0 saturated heterocycles. The summed E-state index contributed by atoms with van der Waals surface area (Å²) in [7, 11) is 0. The van der Waals surface area contributed by atoms with Gasteiger partial charge in [0.2, 0.25) is 0 Å². The Kier molecular flexibility index (Phi) is 3.62. The van der Waals surface area contributed by atoms with Gasteiger partial charge >= 0.3 is 0 Å². The number of allylic oxidation sites excluding steroid dienone is 2. The van der Waals surface area contributed by atoms with Gasteiger partial charge in [-0.2, -0.15) is 0 Å². The van der Waals surface area contributed by atoms with Gasteiger partial charge in [0.1, 0.15) is 6.29 Å². The minimum Gasteiger partial charge on any atom is -0.298 e. The number of carbonyl (C=O) groups excluding carboxylic acids is 2. The van der Waals surface area contributed by atoms with E-state index in [1.54, 1.807) is 6.08 Å². The Hall–Kier alpha value is -0.920. The second-order valence-corrected chi connectivity index (χ2v) is 8.47. The highest BCUT2D eigenvalue weighted by atomic mass is 16.1. The summed E-state index contributed by atoms with van der Waals surface area (Å²) in [5, 5.41) is 0. The largest absolute Gasteiger partial charge is 0.298 e. The van der Waals surface area contributed by atoms with Crippen molar-refractivity contribution in [3.8, 4) is 0 Å². The van der Waals surface area contributed by atoms with Crippen LogP contribution in [-0.4, -0.2) is 12.1 Å². The summed E-state index contributed by atoms with van der Waals surface area (Å²) in [4.78, 5) is 23.7. The molecule has 0 bridgehead atoms. The van der Waals surface area contributed by atoms with Crippen LogP contribution in [-0.2, 0) is 9.59 Å². The summed E-state index contributed by atoms with van der Waals surface area (Å²) in [5.74, 6) is 1.59. The van der Waals surface area contributed by atoms with Crippen molar-refractivity contribution in [2.24, 2.45) is 28.6 Å². The van der Waals surface area contributed by atoms with E-state index in [9.17, 15) is 9.59 Å². The normalized spacial score (nSPS) is 42.3. The fraction of sp³-hybridized carbons (Fsp3) is 0.789. The molecule has 3 rings (SSSR count). The van der Waals surface area contributed by atoms with Gasteiger partial charge in [0.15, 0.2) is 5.78 Å². The van der Waals surface area contributed by atoms with E-state index >= 15 is 0 Å². The SMILES string of the molecule is CC1(C)CCCC2(C)C3CCC(C=O)=CC(=O)C3CCC12. The highest BCUT2D eigenvalue weighted by Gasteiger charge is 2.55. The Morgan fingerprint density at radius 2 is 1.90 bits per heavy atom. The molecule has 0 aromatic heterocycles. The molecule has 116 valence electrons. The van der Waals surface area contributed by atoms with Crippen LogP contribution < -0.4 is 0 Å². The third kappa shape index (κ3) is 2.31. The van der Waals surface area contributed by atoms with Crippen molar-refractivity contribution < 1.29 is 9.59 Å². The van der Waals surface area contributed by atoms with Crippen molar-refractivity contribution in [1.82, 2.24) is 0 Å². The molecule has 0 N–H and O–H groups in total. The van der Waals surface area contributed by atoms with Gasteiger partial charge in [0.05, 0.1) is 0 Å². The Labute approximate surface area is 128 Å². The quantitative estimate of drug-likeness (QED) is 0.673. The molecule has 21 heavy (non-hydrogen) atoms. The van der Waals surface area contributed by atoms with Crippen molar-refractivity contribution in [1.29, 1.82) is 0 Å². The third-order valence-electron chi connectivity index (χ3n) is 6.96. The van der Waals surface area contributed by atoms with E-state index in [-0.39, 0.29) is 17.1 Å². The fourth-order valence-corrected chi connectivity index (χ4v) is 5.99. The highest BCUT2D eigenvalue weighted by Crippen LogP contribution is 2.62. The lowest BCUT2D eigenvalue weighted by Gasteiger charge is -2.59. The lowest BCUT2D eigenvalue weighted by atomic mass is 9.46. The molecule has 3 aliphatic rings. The first-order chi connectivity index (χ1) is 9.88. The first kappa shape index (κ1) is 15.0. The minimum absolute atomic E-state index is 0.164. The molecule has 0 amide bonds.